The summed E-state index contributed by atoms with van der Waals surface area (Å²) in [5.74, 6) is -0.364. The molecule has 1 N–H and O–H groups in total. The highest BCUT2D eigenvalue weighted by Crippen LogP contribution is 2.21. The summed E-state index contributed by atoms with van der Waals surface area (Å²) in [6, 6.07) is 6.48. The van der Waals surface area contributed by atoms with E-state index in [2.05, 4.69) is 9.97 Å². The lowest BCUT2D eigenvalue weighted by Crippen LogP contribution is -1.97. The van der Waals surface area contributed by atoms with Gasteiger partial charge in [0.15, 0.2) is 0 Å². The van der Waals surface area contributed by atoms with Gasteiger partial charge in [0.05, 0.1) is 16.3 Å². The molecule has 6 heteroatoms. The average molecular weight is 281 g/mol. The van der Waals surface area contributed by atoms with E-state index < -0.39 is 5.97 Å². The summed E-state index contributed by atoms with van der Waals surface area (Å²) in [6.07, 6.45) is 3.12. The first-order chi connectivity index (χ1) is 8.65. The number of carboxylic acids is 1. The molecule has 2 rings (SSSR count). The zero-order valence-electron chi connectivity index (χ0n) is 9.21. The summed E-state index contributed by atoms with van der Waals surface area (Å²) in [6.45, 7) is 0. The minimum Gasteiger partial charge on any atom is -0.478 e. The van der Waals surface area contributed by atoms with Crippen molar-refractivity contribution in [3.63, 3.8) is 0 Å². The van der Waals surface area contributed by atoms with E-state index in [0.29, 0.717) is 15.8 Å². The minimum absolute atomic E-state index is 0.228. The molecule has 0 bridgehead atoms. The van der Waals surface area contributed by atoms with Gasteiger partial charge in [-0.15, -0.1) is 11.8 Å². The highest BCUT2D eigenvalue weighted by atomic mass is 35.5. The Labute approximate surface area is 113 Å². The number of pyridine rings is 2. The van der Waals surface area contributed by atoms with Gasteiger partial charge in [0.1, 0.15) is 0 Å². The minimum atomic E-state index is -0.958. The molecule has 0 aliphatic heterocycles. The fourth-order valence-electron chi connectivity index (χ4n) is 1.30. The first kappa shape index (κ1) is 12.9. The largest absolute Gasteiger partial charge is 0.478 e. The van der Waals surface area contributed by atoms with Crippen molar-refractivity contribution in [2.45, 2.75) is 10.8 Å². The lowest BCUT2D eigenvalue weighted by atomic mass is 10.3. The summed E-state index contributed by atoms with van der Waals surface area (Å²) in [5.41, 5.74) is 1.06. The molecule has 0 fully saturated rings. The van der Waals surface area contributed by atoms with Crippen LogP contribution < -0.4 is 0 Å². The van der Waals surface area contributed by atoms with Crippen LogP contribution in [0.3, 0.4) is 0 Å². The maximum atomic E-state index is 10.8. The normalized spacial score (nSPS) is 10.3. The third-order valence-electron chi connectivity index (χ3n) is 2.13. The van der Waals surface area contributed by atoms with E-state index in [1.807, 2.05) is 0 Å². The summed E-state index contributed by atoms with van der Waals surface area (Å²) in [4.78, 5) is 19.1. The van der Waals surface area contributed by atoms with Crippen LogP contribution in [-0.4, -0.2) is 21.0 Å². The van der Waals surface area contributed by atoms with Gasteiger partial charge >= 0.3 is 5.97 Å². The van der Waals surface area contributed by atoms with Crippen molar-refractivity contribution in [2.24, 2.45) is 0 Å². The summed E-state index contributed by atoms with van der Waals surface area (Å²) in [7, 11) is 0. The van der Waals surface area contributed by atoms with E-state index in [-0.39, 0.29) is 5.56 Å². The van der Waals surface area contributed by atoms with E-state index in [1.165, 1.54) is 30.1 Å². The third-order valence-corrected chi connectivity index (χ3v) is 3.32. The highest BCUT2D eigenvalue weighted by molar-refractivity contribution is 7.98. The van der Waals surface area contributed by atoms with Gasteiger partial charge in [0.25, 0.3) is 0 Å². The fourth-order valence-corrected chi connectivity index (χ4v) is 2.28. The fraction of sp³-hybridized carbons (Fsp3) is 0.0833. The summed E-state index contributed by atoms with van der Waals surface area (Å²) in [5, 5.41) is 10.1. The summed E-state index contributed by atoms with van der Waals surface area (Å²) < 4.78 is 0. The van der Waals surface area contributed by atoms with Gasteiger partial charge in [-0.1, -0.05) is 11.6 Å². The van der Waals surface area contributed by atoms with Gasteiger partial charge < -0.3 is 5.11 Å². The number of thioether (sulfide) groups is 1. The smallest absolute Gasteiger partial charge is 0.335 e. The van der Waals surface area contributed by atoms with E-state index in [0.717, 1.165) is 5.69 Å². The van der Waals surface area contributed by atoms with E-state index >= 15 is 0 Å². The van der Waals surface area contributed by atoms with Gasteiger partial charge in [0, 0.05) is 23.2 Å². The molecule has 0 aliphatic carbocycles. The molecule has 0 amide bonds. The zero-order chi connectivity index (χ0) is 13.0. The van der Waals surface area contributed by atoms with Crippen LogP contribution in [0.25, 0.3) is 0 Å². The number of rotatable bonds is 4. The van der Waals surface area contributed by atoms with Gasteiger partial charge in [-0.05, 0) is 24.3 Å². The molecule has 0 unspecified atom stereocenters. The number of carbonyl (C=O) groups is 1. The Balaban J connectivity index is 2.06. The number of hydrogen-bond donors (Lipinski definition) is 1. The van der Waals surface area contributed by atoms with Crippen molar-refractivity contribution in [3.05, 3.63) is 52.9 Å². The Hall–Kier alpha value is -1.59. The maximum Gasteiger partial charge on any atom is 0.335 e. The molecule has 18 heavy (non-hydrogen) atoms. The Kier molecular flexibility index (Phi) is 4.17. The van der Waals surface area contributed by atoms with Crippen molar-refractivity contribution >= 4 is 29.3 Å². The van der Waals surface area contributed by atoms with Gasteiger partial charge in [0.2, 0.25) is 0 Å². The molecule has 0 atom stereocenters. The first-order valence-electron chi connectivity index (χ1n) is 5.08. The van der Waals surface area contributed by atoms with Crippen LogP contribution in [0.2, 0.25) is 5.02 Å². The Morgan fingerprint density at radius 3 is 2.78 bits per heavy atom. The van der Waals surface area contributed by atoms with Crippen LogP contribution in [0.15, 0.2) is 41.7 Å². The quantitative estimate of drug-likeness (QED) is 0.872. The number of aromatic nitrogens is 2. The molecular weight excluding hydrogens is 272 g/mol. The number of hydrogen-bond acceptors (Lipinski definition) is 4. The lowest BCUT2D eigenvalue weighted by Gasteiger charge is -2.02. The van der Waals surface area contributed by atoms with Crippen molar-refractivity contribution in [1.82, 2.24) is 9.97 Å². The second-order valence-corrected chi connectivity index (χ2v) is 4.87. The predicted molar refractivity (Wildman–Crippen MR) is 70.0 cm³/mol. The molecule has 0 saturated carbocycles. The molecule has 0 saturated heterocycles. The molecule has 92 valence electrons. The average Bonchev–Trinajstić information content (AvgIpc) is 2.37. The van der Waals surface area contributed by atoms with Gasteiger partial charge in [-0.25, -0.2) is 9.78 Å². The molecular formula is C12H9ClN2O2S. The van der Waals surface area contributed by atoms with Crippen LogP contribution in [0, 0.1) is 0 Å². The number of carboxylic acid groups (broad SMARTS) is 1. The van der Waals surface area contributed by atoms with Gasteiger partial charge in [-0.2, -0.15) is 0 Å². The molecule has 4 nitrogen and oxygen atoms in total. The van der Waals surface area contributed by atoms with Crippen LogP contribution >= 0.6 is 23.4 Å². The summed E-state index contributed by atoms with van der Waals surface area (Å²) >= 11 is 7.27. The predicted octanol–water partition coefficient (Wildman–Crippen LogP) is 3.12. The highest BCUT2D eigenvalue weighted by Gasteiger charge is 2.05. The van der Waals surface area contributed by atoms with Crippen LogP contribution in [-0.2, 0) is 5.75 Å². The number of halogens is 1. The monoisotopic (exact) mass is 280 g/mol. The van der Waals surface area contributed by atoms with Crippen molar-refractivity contribution in [2.75, 3.05) is 0 Å². The Morgan fingerprint density at radius 1 is 1.28 bits per heavy atom. The molecule has 0 aliphatic rings. The standard InChI is InChI=1S/C12H9ClN2O2S/c13-9-2-4-14-10(6-9)7-18-11-5-8(12(16)17)1-3-15-11/h1-6H,7H2,(H,16,17). The molecule has 2 aromatic heterocycles. The van der Waals surface area contributed by atoms with Crippen LogP contribution in [0.5, 0.6) is 0 Å². The zero-order valence-corrected chi connectivity index (χ0v) is 10.8. The Morgan fingerprint density at radius 2 is 2.06 bits per heavy atom. The molecule has 2 heterocycles. The molecule has 2 aromatic rings. The third kappa shape index (κ3) is 3.45. The van der Waals surface area contributed by atoms with E-state index in [1.54, 1.807) is 18.3 Å². The van der Waals surface area contributed by atoms with Crippen molar-refractivity contribution in [3.8, 4) is 0 Å². The van der Waals surface area contributed by atoms with Crippen molar-refractivity contribution in [1.29, 1.82) is 0 Å². The maximum absolute atomic E-state index is 10.8. The van der Waals surface area contributed by atoms with Crippen LogP contribution in [0.1, 0.15) is 16.1 Å². The van der Waals surface area contributed by atoms with Crippen molar-refractivity contribution < 1.29 is 9.90 Å². The van der Waals surface area contributed by atoms with E-state index in [4.69, 9.17) is 16.7 Å². The van der Waals surface area contributed by atoms with Gasteiger partial charge in [-0.3, -0.25) is 4.98 Å². The molecule has 0 radical (unpaired) electrons. The SMILES string of the molecule is O=C(O)c1ccnc(SCc2cc(Cl)ccn2)c1. The molecule has 0 aromatic carbocycles. The lowest BCUT2D eigenvalue weighted by molar-refractivity contribution is 0.0696. The Bertz CT molecular complexity index is 578. The number of nitrogens with zero attached hydrogens (tertiary/aromatic N) is 2. The molecule has 0 spiro atoms. The van der Waals surface area contributed by atoms with Crippen LogP contribution in [0.4, 0.5) is 0 Å². The second kappa shape index (κ2) is 5.84. The second-order valence-electron chi connectivity index (χ2n) is 3.44. The number of aromatic carboxylic acids is 1. The van der Waals surface area contributed by atoms with E-state index in [9.17, 15) is 4.79 Å². The topological polar surface area (TPSA) is 63.1 Å². The first-order valence-corrected chi connectivity index (χ1v) is 6.44.